The van der Waals surface area contributed by atoms with Crippen LogP contribution in [0.4, 0.5) is 5.69 Å². The smallest absolute Gasteiger partial charge is 0.299 e. The van der Waals surface area contributed by atoms with E-state index < -0.39 is 11.7 Å². The van der Waals surface area contributed by atoms with Crippen molar-refractivity contribution < 1.29 is 14.1 Å². The number of fused-ring (bicyclic) bond motifs is 1. The highest BCUT2D eigenvalue weighted by atomic mass is 16.5. The molecule has 1 aliphatic heterocycles. The number of aromatic nitrogens is 2. The molecule has 1 aromatic carbocycles. The average molecular weight is 271 g/mol. The highest BCUT2D eigenvalue weighted by molar-refractivity contribution is 6.52. The molecule has 0 bridgehead atoms. The lowest BCUT2D eigenvalue weighted by Crippen LogP contribution is -2.29. The first-order valence-corrected chi connectivity index (χ1v) is 6.24. The second kappa shape index (κ2) is 4.26. The molecule has 0 N–H and O–H groups in total. The highest BCUT2D eigenvalue weighted by Gasteiger charge is 2.37. The van der Waals surface area contributed by atoms with Gasteiger partial charge in [-0.3, -0.25) is 14.5 Å². The molecule has 0 saturated carbocycles. The fraction of sp³-hybridized carbons (Fsp3) is 0.286. The lowest BCUT2D eigenvalue weighted by atomic mass is 10.0. The van der Waals surface area contributed by atoms with E-state index in [1.165, 1.54) is 4.90 Å². The average Bonchev–Trinajstić information content (AvgIpc) is 2.87. The lowest BCUT2D eigenvalue weighted by molar-refractivity contribution is -0.114. The van der Waals surface area contributed by atoms with E-state index >= 15 is 0 Å². The maximum Gasteiger partial charge on any atom is 0.299 e. The van der Waals surface area contributed by atoms with Crippen LogP contribution in [0.1, 0.15) is 33.2 Å². The van der Waals surface area contributed by atoms with Gasteiger partial charge in [0.05, 0.1) is 17.8 Å². The molecule has 102 valence electrons. The van der Waals surface area contributed by atoms with Gasteiger partial charge in [-0.25, -0.2) is 0 Å². The first kappa shape index (κ1) is 12.5. The van der Waals surface area contributed by atoms with Crippen molar-refractivity contribution in [2.45, 2.75) is 27.3 Å². The summed E-state index contributed by atoms with van der Waals surface area (Å²) >= 11 is 0. The van der Waals surface area contributed by atoms with Gasteiger partial charge in [-0.2, -0.15) is 4.98 Å². The van der Waals surface area contributed by atoms with Gasteiger partial charge in [-0.1, -0.05) is 11.2 Å². The molecule has 2 heterocycles. The van der Waals surface area contributed by atoms with Crippen molar-refractivity contribution in [3.63, 3.8) is 0 Å². The zero-order valence-corrected chi connectivity index (χ0v) is 11.4. The summed E-state index contributed by atoms with van der Waals surface area (Å²) in [4.78, 5) is 29.7. The van der Waals surface area contributed by atoms with E-state index in [0.717, 1.165) is 11.1 Å². The summed E-state index contributed by atoms with van der Waals surface area (Å²) in [6.07, 6.45) is 0. The van der Waals surface area contributed by atoms with E-state index in [4.69, 9.17) is 4.52 Å². The minimum atomic E-state index is -0.545. The fourth-order valence-corrected chi connectivity index (χ4v) is 2.50. The van der Waals surface area contributed by atoms with Gasteiger partial charge in [0.15, 0.2) is 5.82 Å². The number of carbonyl (C=O) groups excluding carboxylic acids is 2. The van der Waals surface area contributed by atoms with E-state index in [9.17, 15) is 9.59 Å². The van der Waals surface area contributed by atoms with Crippen LogP contribution < -0.4 is 4.90 Å². The lowest BCUT2D eigenvalue weighted by Gasteiger charge is -2.15. The first-order chi connectivity index (χ1) is 9.47. The zero-order valence-electron chi connectivity index (χ0n) is 11.4. The number of rotatable bonds is 2. The van der Waals surface area contributed by atoms with E-state index in [1.54, 1.807) is 6.92 Å². The van der Waals surface area contributed by atoms with Gasteiger partial charge in [0.25, 0.3) is 11.7 Å². The van der Waals surface area contributed by atoms with Gasteiger partial charge in [-0.15, -0.1) is 0 Å². The summed E-state index contributed by atoms with van der Waals surface area (Å²) in [5.41, 5.74) is 2.91. The Balaban J connectivity index is 2.06. The Morgan fingerprint density at radius 3 is 2.60 bits per heavy atom. The Hall–Kier alpha value is -2.50. The monoisotopic (exact) mass is 271 g/mol. The molecule has 0 aliphatic carbocycles. The molecule has 1 aliphatic rings. The van der Waals surface area contributed by atoms with Gasteiger partial charge >= 0.3 is 0 Å². The normalized spacial score (nSPS) is 14.1. The number of amides is 1. The second-order valence-corrected chi connectivity index (χ2v) is 4.93. The van der Waals surface area contributed by atoms with Crippen LogP contribution in [-0.4, -0.2) is 21.8 Å². The summed E-state index contributed by atoms with van der Waals surface area (Å²) in [6, 6.07) is 3.73. The summed E-state index contributed by atoms with van der Waals surface area (Å²) in [5, 5.41) is 3.77. The van der Waals surface area contributed by atoms with Crippen molar-refractivity contribution in [1.82, 2.24) is 10.1 Å². The van der Waals surface area contributed by atoms with Crippen LogP contribution in [0, 0.1) is 20.8 Å². The Labute approximate surface area is 115 Å². The number of hydrogen-bond acceptors (Lipinski definition) is 5. The van der Waals surface area contributed by atoms with E-state index in [2.05, 4.69) is 10.1 Å². The summed E-state index contributed by atoms with van der Waals surface area (Å²) in [7, 11) is 0. The van der Waals surface area contributed by atoms with Crippen LogP contribution >= 0.6 is 0 Å². The standard InChI is InChI=1S/C14H13N3O3/c1-7-4-8(2)12-10(5-7)17(14(19)13(12)18)6-11-15-9(3)20-16-11/h4-5H,6H2,1-3H3. The molecule has 1 amide bonds. The van der Waals surface area contributed by atoms with Crippen molar-refractivity contribution in [2.75, 3.05) is 4.90 Å². The van der Waals surface area contributed by atoms with E-state index in [-0.39, 0.29) is 6.54 Å². The van der Waals surface area contributed by atoms with Crippen LogP contribution in [0.5, 0.6) is 0 Å². The summed E-state index contributed by atoms with van der Waals surface area (Å²) in [5.74, 6) is -0.205. The third-order valence-electron chi connectivity index (χ3n) is 3.29. The number of Topliss-reactive ketones (excluding diaryl/α,β-unsaturated/α-hetero) is 1. The Morgan fingerprint density at radius 1 is 1.20 bits per heavy atom. The van der Waals surface area contributed by atoms with E-state index in [0.29, 0.717) is 23.0 Å². The van der Waals surface area contributed by atoms with Crippen molar-refractivity contribution in [1.29, 1.82) is 0 Å². The number of nitrogens with zero attached hydrogens (tertiary/aromatic N) is 3. The Bertz CT molecular complexity index is 733. The van der Waals surface area contributed by atoms with Crippen LogP contribution in [0.2, 0.25) is 0 Å². The van der Waals surface area contributed by atoms with Gasteiger partial charge in [0.1, 0.15) is 0 Å². The molecule has 0 atom stereocenters. The molecule has 0 unspecified atom stereocenters. The topological polar surface area (TPSA) is 76.3 Å². The summed E-state index contributed by atoms with van der Waals surface area (Å²) in [6.45, 7) is 5.57. The van der Waals surface area contributed by atoms with Crippen LogP contribution in [0.3, 0.4) is 0 Å². The predicted octanol–water partition coefficient (Wildman–Crippen LogP) is 1.72. The van der Waals surface area contributed by atoms with Crippen LogP contribution in [0.15, 0.2) is 16.7 Å². The van der Waals surface area contributed by atoms with Gasteiger partial charge in [-0.05, 0) is 31.0 Å². The second-order valence-electron chi connectivity index (χ2n) is 4.93. The largest absolute Gasteiger partial charge is 0.340 e. The van der Waals surface area contributed by atoms with Crippen LogP contribution in [-0.2, 0) is 11.3 Å². The van der Waals surface area contributed by atoms with Gasteiger partial charge < -0.3 is 4.52 Å². The Kier molecular flexibility index (Phi) is 2.67. The van der Waals surface area contributed by atoms with Crippen LogP contribution in [0.25, 0.3) is 0 Å². The predicted molar refractivity (Wildman–Crippen MR) is 70.5 cm³/mol. The third-order valence-corrected chi connectivity index (χ3v) is 3.29. The Morgan fingerprint density at radius 2 is 1.95 bits per heavy atom. The molecule has 0 radical (unpaired) electrons. The number of aryl methyl sites for hydroxylation is 3. The maximum atomic E-state index is 12.1. The number of anilines is 1. The van der Waals surface area contributed by atoms with Crippen molar-refractivity contribution in [2.24, 2.45) is 0 Å². The molecule has 0 spiro atoms. The number of benzene rings is 1. The van der Waals surface area contributed by atoms with Gasteiger partial charge in [0, 0.05) is 6.92 Å². The number of ketones is 1. The molecular weight excluding hydrogens is 258 g/mol. The minimum absolute atomic E-state index is 0.137. The number of carbonyl (C=O) groups is 2. The molecule has 2 aromatic rings. The first-order valence-electron chi connectivity index (χ1n) is 6.24. The SMILES string of the molecule is Cc1cc(C)c2c(c1)N(Cc1noc(C)n1)C(=O)C2=O. The molecule has 1 aromatic heterocycles. The third kappa shape index (κ3) is 1.80. The maximum absolute atomic E-state index is 12.1. The van der Waals surface area contributed by atoms with Gasteiger partial charge in [0.2, 0.25) is 5.89 Å². The molecule has 20 heavy (non-hydrogen) atoms. The van der Waals surface area contributed by atoms with Crippen molar-refractivity contribution in [3.05, 3.63) is 40.5 Å². The molecule has 6 nitrogen and oxygen atoms in total. The molecule has 6 heteroatoms. The van der Waals surface area contributed by atoms with Crippen molar-refractivity contribution >= 4 is 17.4 Å². The molecular formula is C14H13N3O3. The van der Waals surface area contributed by atoms with Crippen molar-refractivity contribution in [3.8, 4) is 0 Å². The molecule has 0 saturated heterocycles. The zero-order chi connectivity index (χ0) is 14.4. The summed E-state index contributed by atoms with van der Waals surface area (Å²) < 4.78 is 4.89. The minimum Gasteiger partial charge on any atom is -0.340 e. The highest BCUT2D eigenvalue weighted by Crippen LogP contribution is 2.33. The van der Waals surface area contributed by atoms with E-state index in [1.807, 2.05) is 26.0 Å². The molecule has 3 rings (SSSR count). The molecule has 0 fully saturated rings. The number of hydrogen-bond donors (Lipinski definition) is 0. The fourth-order valence-electron chi connectivity index (χ4n) is 2.50. The quantitative estimate of drug-likeness (QED) is 0.777.